The summed E-state index contributed by atoms with van der Waals surface area (Å²) in [6.45, 7) is 2.05. The fraction of sp³-hybridized carbons (Fsp3) is 0.857. The SMILES string of the molecule is CCCC(S)[Si]=C(O)C(O)OC. The molecule has 0 fully saturated rings. The van der Waals surface area contributed by atoms with Crippen LogP contribution in [0.25, 0.3) is 0 Å². The molecule has 71 valence electrons. The predicted molar refractivity (Wildman–Crippen MR) is 53.4 cm³/mol. The maximum atomic E-state index is 9.22. The molecule has 0 spiro atoms. The molecule has 2 unspecified atom stereocenters. The van der Waals surface area contributed by atoms with Crippen LogP contribution < -0.4 is 0 Å². The third-order valence-corrected chi connectivity index (χ3v) is 3.14. The van der Waals surface area contributed by atoms with Crippen LogP contribution in [0, 0.1) is 0 Å². The van der Waals surface area contributed by atoms with Crippen molar-refractivity contribution < 1.29 is 14.9 Å². The second-order valence-electron chi connectivity index (χ2n) is 2.42. The van der Waals surface area contributed by atoms with Crippen LogP contribution in [0.5, 0.6) is 0 Å². The summed E-state index contributed by atoms with van der Waals surface area (Å²) in [7, 11) is 1.48. The summed E-state index contributed by atoms with van der Waals surface area (Å²) >= 11 is 4.25. The molecule has 12 heavy (non-hydrogen) atoms. The summed E-state index contributed by atoms with van der Waals surface area (Å²) in [6.07, 6.45) is 0.800. The molecule has 5 heteroatoms. The summed E-state index contributed by atoms with van der Waals surface area (Å²) in [5, 5.41) is 18.2. The van der Waals surface area contributed by atoms with E-state index in [9.17, 15) is 5.11 Å². The third-order valence-electron chi connectivity index (χ3n) is 1.33. The maximum absolute atomic E-state index is 9.22. The molecule has 0 rings (SSSR count). The van der Waals surface area contributed by atoms with Crippen LogP contribution in [0.1, 0.15) is 19.8 Å². The molecule has 0 amide bonds. The number of methoxy groups -OCH3 is 1. The third kappa shape index (κ3) is 4.92. The first-order valence-corrected chi connectivity index (χ1v) is 5.42. The maximum Gasteiger partial charge on any atom is 0.207 e. The number of aliphatic hydroxyl groups is 2. The Kier molecular flexibility index (Phi) is 6.74. The van der Waals surface area contributed by atoms with Crippen molar-refractivity contribution in [2.75, 3.05) is 7.11 Å². The fourth-order valence-electron chi connectivity index (χ4n) is 0.699. The number of hydrogen-bond acceptors (Lipinski definition) is 4. The number of ether oxygens (including phenoxy) is 1. The van der Waals surface area contributed by atoms with E-state index < -0.39 is 6.29 Å². The van der Waals surface area contributed by atoms with Crippen molar-refractivity contribution in [3.05, 3.63) is 0 Å². The lowest BCUT2D eigenvalue weighted by atomic mass is 10.4. The second-order valence-corrected chi connectivity index (χ2v) is 5.03. The Morgan fingerprint density at radius 2 is 2.25 bits per heavy atom. The van der Waals surface area contributed by atoms with Gasteiger partial charge in [-0.3, -0.25) is 0 Å². The van der Waals surface area contributed by atoms with Crippen LogP contribution in [0.2, 0.25) is 0 Å². The standard InChI is InChI=1S/C7H15O3SSi/c1-3-4-5(11)12-7(9)6(8)10-2/h5-6,8-9,11H,3-4H2,1-2H3. The van der Waals surface area contributed by atoms with Crippen molar-refractivity contribution >= 4 is 27.1 Å². The lowest BCUT2D eigenvalue weighted by molar-refractivity contribution is -0.0290. The molecule has 3 nitrogen and oxygen atoms in total. The van der Waals surface area contributed by atoms with E-state index in [1.807, 2.05) is 0 Å². The van der Waals surface area contributed by atoms with Gasteiger partial charge in [-0.2, -0.15) is 12.6 Å². The van der Waals surface area contributed by atoms with Gasteiger partial charge >= 0.3 is 0 Å². The van der Waals surface area contributed by atoms with Gasteiger partial charge in [0.2, 0.25) is 6.29 Å². The van der Waals surface area contributed by atoms with Crippen LogP contribution >= 0.6 is 12.6 Å². The first-order valence-electron chi connectivity index (χ1n) is 3.83. The van der Waals surface area contributed by atoms with Crippen molar-refractivity contribution in [3.63, 3.8) is 0 Å². The Hall–Kier alpha value is 0.157. The van der Waals surface area contributed by atoms with Gasteiger partial charge in [0.15, 0.2) is 0 Å². The minimum absolute atomic E-state index is 0.0223. The molecule has 0 aliphatic rings. The summed E-state index contributed by atoms with van der Waals surface area (Å²) < 4.78 is 4.53. The fourth-order valence-corrected chi connectivity index (χ4v) is 2.39. The molecular weight excluding hydrogens is 192 g/mol. The molecule has 0 aliphatic heterocycles. The quantitative estimate of drug-likeness (QED) is 0.343. The van der Waals surface area contributed by atoms with E-state index in [1.54, 1.807) is 0 Å². The van der Waals surface area contributed by atoms with Crippen LogP contribution in [0.3, 0.4) is 0 Å². The van der Waals surface area contributed by atoms with E-state index in [-0.39, 0.29) is 19.4 Å². The average Bonchev–Trinajstić information content (AvgIpc) is 2.03. The Balaban J connectivity index is 3.96. The van der Waals surface area contributed by atoms with Crippen molar-refractivity contribution in [2.45, 2.75) is 30.9 Å². The van der Waals surface area contributed by atoms with E-state index in [2.05, 4.69) is 24.3 Å². The molecule has 1 radical (unpaired) electrons. The zero-order valence-corrected chi connectivity index (χ0v) is 9.21. The van der Waals surface area contributed by atoms with E-state index in [4.69, 9.17) is 5.11 Å². The van der Waals surface area contributed by atoms with E-state index in [0.717, 1.165) is 12.8 Å². The molecule has 0 aromatic heterocycles. The highest BCUT2D eigenvalue weighted by molar-refractivity contribution is 7.82. The minimum Gasteiger partial charge on any atom is -0.513 e. The molecule has 0 bridgehead atoms. The smallest absolute Gasteiger partial charge is 0.207 e. The Morgan fingerprint density at radius 3 is 2.67 bits per heavy atom. The number of rotatable bonds is 5. The molecular formula is C7H15O3SSi. The zero-order valence-electron chi connectivity index (χ0n) is 7.32. The summed E-state index contributed by atoms with van der Waals surface area (Å²) in [5.74, 6) is 0. The first kappa shape index (κ1) is 12.2. The van der Waals surface area contributed by atoms with Gasteiger partial charge in [0.05, 0.1) is 9.13 Å². The summed E-state index contributed by atoms with van der Waals surface area (Å²) in [6, 6.07) is 0. The number of hydrogen-bond donors (Lipinski definition) is 3. The van der Waals surface area contributed by atoms with Crippen molar-refractivity contribution in [1.82, 2.24) is 0 Å². The van der Waals surface area contributed by atoms with Gasteiger partial charge in [-0.15, -0.1) is 0 Å². The van der Waals surface area contributed by atoms with Gasteiger partial charge in [0.25, 0.3) is 0 Å². The highest BCUT2D eigenvalue weighted by Crippen LogP contribution is 2.00. The lowest BCUT2D eigenvalue weighted by Gasteiger charge is -2.09. The van der Waals surface area contributed by atoms with Crippen LogP contribution in [0.4, 0.5) is 0 Å². The zero-order chi connectivity index (χ0) is 9.56. The first-order chi connectivity index (χ1) is 5.61. The van der Waals surface area contributed by atoms with Gasteiger partial charge in [0.1, 0.15) is 5.35 Å². The summed E-state index contributed by atoms with van der Waals surface area (Å²) in [5.41, 5.74) is 0. The van der Waals surface area contributed by atoms with E-state index in [0.29, 0.717) is 0 Å². The normalized spacial score (nSPS) is 17.5. The van der Waals surface area contributed by atoms with E-state index in [1.165, 1.54) is 7.11 Å². The Morgan fingerprint density at radius 1 is 1.67 bits per heavy atom. The van der Waals surface area contributed by atoms with Crippen LogP contribution in [0.15, 0.2) is 0 Å². The van der Waals surface area contributed by atoms with Crippen molar-refractivity contribution in [3.8, 4) is 0 Å². The van der Waals surface area contributed by atoms with E-state index >= 15 is 0 Å². The second kappa shape index (κ2) is 6.65. The molecule has 2 atom stereocenters. The predicted octanol–water partition coefficient (Wildman–Crippen LogP) is 0.214. The largest absolute Gasteiger partial charge is 0.513 e. The summed E-state index contributed by atoms with van der Waals surface area (Å²) in [4.78, 5) is 0.125. The van der Waals surface area contributed by atoms with Crippen molar-refractivity contribution in [1.29, 1.82) is 0 Å². The molecule has 0 saturated carbocycles. The topological polar surface area (TPSA) is 49.7 Å². The number of thiol groups is 1. The molecule has 0 saturated heterocycles. The molecule has 0 aromatic carbocycles. The Labute approximate surface area is 80.6 Å². The molecule has 0 aromatic rings. The molecule has 0 aliphatic carbocycles. The minimum atomic E-state index is -1.16. The van der Waals surface area contributed by atoms with Gasteiger partial charge in [-0.25, -0.2) is 0 Å². The van der Waals surface area contributed by atoms with Gasteiger partial charge in [0, 0.05) is 12.0 Å². The van der Waals surface area contributed by atoms with Crippen molar-refractivity contribution in [2.24, 2.45) is 0 Å². The average molecular weight is 207 g/mol. The molecule has 0 heterocycles. The van der Waals surface area contributed by atoms with Gasteiger partial charge < -0.3 is 14.9 Å². The van der Waals surface area contributed by atoms with Crippen LogP contribution in [-0.2, 0) is 4.74 Å². The molecule has 2 N–H and O–H groups in total. The van der Waals surface area contributed by atoms with Gasteiger partial charge in [-0.05, 0) is 6.42 Å². The highest BCUT2D eigenvalue weighted by Gasteiger charge is 2.09. The van der Waals surface area contributed by atoms with Gasteiger partial charge in [-0.1, -0.05) is 13.3 Å². The van der Waals surface area contributed by atoms with Crippen LogP contribution in [-0.4, -0.2) is 43.0 Å². The number of aliphatic hydroxyl groups excluding tert-OH is 2. The highest BCUT2D eigenvalue weighted by atomic mass is 32.1. The monoisotopic (exact) mass is 207 g/mol. The Bertz CT molecular complexity index is 152. The lowest BCUT2D eigenvalue weighted by Crippen LogP contribution is -2.27.